The van der Waals surface area contributed by atoms with Crippen LogP contribution in [0.4, 0.5) is 0 Å². The lowest BCUT2D eigenvalue weighted by atomic mass is 9.91. The van der Waals surface area contributed by atoms with Crippen LogP contribution in [0.15, 0.2) is 48.7 Å². The molecule has 0 radical (unpaired) electrons. The molecule has 1 aliphatic carbocycles. The van der Waals surface area contributed by atoms with Gasteiger partial charge >= 0.3 is 0 Å². The average Bonchev–Trinajstić information content (AvgIpc) is 3.10. The summed E-state index contributed by atoms with van der Waals surface area (Å²) in [6, 6.07) is 13.2. The van der Waals surface area contributed by atoms with Crippen LogP contribution in [0, 0.1) is 11.8 Å². The molecule has 0 amide bonds. The number of benzene rings is 1. The molecule has 5 nitrogen and oxygen atoms in total. The Morgan fingerprint density at radius 1 is 1.12 bits per heavy atom. The van der Waals surface area contributed by atoms with Gasteiger partial charge in [0.2, 0.25) is 0 Å². The van der Waals surface area contributed by atoms with Crippen molar-refractivity contribution < 1.29 is 15.0 Å². The highest BCUT2D eigenvalue weighted by Crippen LogP contribution is 2.45. The van der Waals surface area contributed by atoms with Crippen LogP contribution >= 0.6 is 0 Å². The molecule has 5 heteroatoms. The van der Waals surface area contributed by atoms with E-state index in [2.05, 4.69) is 22.0 Å². The third-order valence-electron chi connectivity index (χ3n) is 5.71. The highest BCUT2D eigenvalue weighted by molar-refractivity contribution is 5.95. The first-order chi connectivity index (χ1) is 12.5. The zero-order valence-corrected chi connectivity index (χ0v) is 14.7. The van der Waals surface area contributed by atoms with Crippen LogP contribution in [0.5, 0.6) is 5.75 Å². The molecule has 0 unspecified atom stereocenters. The van der Waals surface area contributed by atoms with Gasteiger partial charge in [-0.25, -0.2) is 4.98 Å². The van der Waals surface area contributed by atoms with Crippen LogP contribution in [0.25, 0.3) is 0 Å². The molecule has 1 saturated carbocycles. The SMILES string of the molecule is O=C(CN1C[C@@H]2C[C@@](O)(Cc3ccccc3)C[C@@H]2C1)c1ccc(O)cn1. The summed E-state index contributed by atoms with van der Waals surface area (Å²) < 4.78 is 0. The lowest BCUT2D eigenvalue weighted by molar-refractivity contribution is 0.0355. The van der Waals surface area contributed by atoms with Crippen LogP contribution in [-0.2, 0) is 6.42 Å². The van der Waals surface area contributed by atoms with Crippen molar-refractivity contribution in [2.45, 2.75) is 24.9 Å². The molecule has 4 rings (SSSR count). The number of ketones is 1. The summed E-state index contributed by atoms with van der Waals surface area (Å²) in [6.45, 7) is 2.05. The topological polar surface area (TPSA) is 73.7 Å². The van der Waals surface area contributed by atoms with Crippen molar-refractivity contribution in [1.29, 1.82) is 0 Å². The second kappa shape index (κ2) is 6.82. The molecule has 0 spiro atoms. The normalized spacial score (nSPS) is 28.2. The van der Waals surface area contributed by atoms with Crippen LogP contribution in [0.1, 0.15) is 28.9 Å². The van der Waals surface area contributed by atoms with E-state index in [1.807, 2.05) is 18.2 Å². The minimum atomic E-state index is -0.620. The van der Waals surface area contributed by atoms with Crippen molar-refractivity contribution in [3.05, 3.63) is 59.9 Å². The number of carbonyl (C=O) groups is 1. The third-order valence-corrected chi connectivity index (χ3v) is 5.71. The number of carbonyl (C=O) groups excluding carboxylic acids is 1. The standard InChI is InChI=1S/C21H24N2O3/c24-18-6-7-19(22-11-18)20(25)14-23-12-16-9-21(26,10-17(16)13-23)8-15-4-2-1-3-5-15/h1-7,11,16-17,24,26H,8-10,12-14H2/t16-,17+,21-. The van der Waals surface area contributed by atoms with E-state index in [1.165, 1.54) is 17.8 Å². The zero-order valence-electron chi connectivity index (χ0n) is 14.7. The second-order valence-corrected chi connectivity index (χ2v) is 7.83. The summed E-state index contributed by atoms with van der Waals surface area (Å²) in [4.78, 5) is 18.5. The van der Waals surface area contributed by atoms with Gasteiger partial charge in [0.15, 0.2) is 5.78 Å². The summed E-state index contributed by atoms with van der Waals surface area (Å²) in [7, 11) is 0. The smallest absolute Gasteiger partial charge is 0.195 e. The maximum atomic E-state index is 12.4. The minimum absolute atomic E-state index is 0.0236. The molecular formula is C21H24N2O3. The van der Waals surface area contributed by atoms with Gasteiger partial charge in [0, 0.05) is 19.5 Å². The zero-order chi connectivity index (χ0) is 18.1. The first-order valence-corrected chi connectivity index (χ1v) is 9.18. The molecule has 2 N–H and O–H groups in total. The van der Waals surface area contributed by atoms with Crippen molar-refractivity contribution in [3.8, 4) is 5.75 Å². The van der Waals surface area contributed by atoms with Crippen molar-refractivity contribution >= 4 is 5.78 Å². The summed E-state index contributed by atoms with van der Waals surface area (Å²) in [6.07, 6.45) is 3.61. The van der Waals surface area contributed by atoms with E-state index in [4.69, 9.17) is 0 Å². The molecule has 2 aromatic rings. The largest absolute Gasteiger partial charge is 0.506 e. The van der Waals surface area contributed by atoms with E-state index in [0.29, 0.717) is 30.5 Å². The number of pyridine rings is 1. The molecule has 26 heavy (non-hydrogen) atoms. The minimum Gasteiger partial charge on any atom is -0.506 e. The monoisotopic (exact) mass is 352 g/mol. The summed E-state index contributed by atoms with van der Waals surface area (Å²) >= 11 is 0. The first kappa shape index (κ1) is 17.2. The van der Waals surface area contributed by atoms with E-state index in [-0.39, 0.29) is 11.5 Å². The molecule has 3 atom stereocenters. The Kier molecular flexibility index (Phi) is 4.51. The fourth-order valence-corrected chi connectivity index (χ4v) is 4.64. The number of Topliss-reactive ketones (excluding diaryl/α,β-unsaturated/α-hetero) is 1. The highest BCUT2D eigenvalue weighted by Gasteiger charge is 2.48. The second-order valence-electron chi connectivity index (χ2n) is 7.83. The number of aromatic nitrogens is 1. The van der Waals surface area contributed by atoms with Crippen molar-refractivity contribution in [2.75, 3.05) is 19.6 Å². The van der Waals surface area contributed by atoms with Crippen molar-refractivity contribution in [2.24, 2.45) is 11.8 Å². The van der Waals surface area contributed by atoms with Crippen LogP contribution < -0.4 is 0 Å². The van der Waals surface area contributed by atoms with Gasteiger partial charge in [0.25, 0.3) is 0 Å². The Balaban J connectivity index is 1.33. The Morgan fingerprint density at radius 3 is 2.42 bits per heavy atom. The van der Waals surface area contributed by atoms with Gasteiger partial charge in [-0.3, -0.25) is 9.69 Å². The number of likely N-dealkylation sites (tertiary alicyclic amines) is 1. The number of rotatable bonds is 5. The molecule has 1 aliphatic heterocycles. The van der Waals surface area contributed by atoms with Gasteiger partial charge < -0.3 is 10.2 Å². The molecule has 1 saturated heterocycles. The van der Waals surface area contributed by atoms with Gasteiger partial charge in [-0.15, -0.1) is 0 Å². The van der Waals surface area contributed by atoms with Gasteiger partial charge in [-0.05, 0) is 42.4 Å². The molecule has 1 aromatic heterocycles. The number of fused-ring (bicyclic) bond motifs is 1. The van der Waals surface area contributed by atoms with Crippen LogP contribution in [-0.4, -0.2) is 51.1 Å². The Hall–Kier alpha value is -2.24. The fourth-order valence-electron chi connectivity index (χ4n) is 4.64. The molecule has 2 aliphatic rings. The number of nitrogens with zero attached hydrogens (tertiary/aromatic N) is 2. The van der Waals surface area contributed by atoms with E-state index in [0.717, 1.165) is 25.9 Å². The highest BCUT2D eigenvalue weighted by atomic mass is 16.3. The lowest BCUT2D eigenvalue weighted by Gasteiger charge is -2.26. The molecule has 0 bridgehead atoms. The maximum absolute atomic E-state index is 12.4. The average molecular weight is 352 g/mol. The van der Waals surface area contributed by atoms with Crippen molar-refractivity contribution in [3.63, 3.8) is 0 Å². The van der Waals surface area contributed by atoms with E-state index in [1.54, 1.807) is 6.07 Å². The number of aliphatic hydroxyl groups is 1. The summed E-state index contributed by atoms with van der Waals surface area (Å²) in [5.74, 6) is 0.938. The predicted molar refractivity (Wildman–Crippen MR) is 98.0 cm³/mol. The quantitative estimate of drug-likeness (QED) is 0.808. The summed E-state index contributed by atoms with van der Waals surface area (Å²) in [5.41, 5.74) is 0.950. The number of aromatic hydroxyl groups is 1. The predicted octanol–water partition coefficient (Wildman–Crippen LogP) is 2.29. The summed E-state index contributed by atoms with van der Waals surface area (Å²) in [5, 5.41) is 20.3. The molecule has 2 fully saturated rings. The van der Waals surface area contributed by atoms with Gasteiger partial charge in [-0.1, -0.05) is 30.3 Å². The molecule has 136 valence electrons. The van der Waals surface area contributed by atoms with Crippen LogP contribution in [0.3, 0.4) is 0 Å². The Labute approximate surface area is 153 Å². The number of hydrogen-bond donors (Lipinski definition) is 2. The Morgan fingerprint density at radius 2 is 1.81 bits per heavy atom. The van der Waals surface area contributed by atoms with E-state index in [9.17, 15) is 15.0 Å². The number of hydrogen-bond acceptors (Lipinski definition) is 5. The van der Waals surface area contributed by atoms with Gasteiger partial charge in [-0.2, -0.15) is 0 Å². The van der Waals surface area contributed by atoms with Crippen molar-refractivity contribution in [1.82, 2.24) is 9.88 Å². The fraction of sp³-hybridized carbons (Fsp3) is 0.429. The van der Waals surface area contributed by atoms with E-state index < -0.39 is 5.60 Å². The lowest BCUT2D eigenvalue weighted by Crippen LogP contribution is -2.34. The van der Waals surface area contributed by atoms with E-state index >= 15 is 0 Å². The molecular weight excluding hydrogens is 328 g/mol. The van der Waals surface area contributed by atoms with Crippen LogP contribution in [0.2, 0.25) is 0 Å². The van der Waals surface area contributed by atoms with Gasteiger partial charge in [0.05, 0.1) is 18.3 Å². The van der Waals surface area contributed by atoms with Gasteiger partial charge in [0.1, 0.15) is 11.4 Å². The molecule has 2 heterocycles. The third kappa shape index (κ3) is 3.64. The molecule has 1 aromatic carbocycles. The maximum Gasteiger partial charge on any atom is 0.195 e. The first-order valence-electron chi connectivity index (χ1n) is 9.18. The Bertz CT molecular complexity index is 762.